The van der Waals surface area contributed by atoms with E-state index < -0.39 is 23.5 Å². The van der Waals surface area contributed by atoms with Gasteiger partial charge in [-0.3, -0.25) is 0 Å². The summed E-state index contributed by atoms with van der Waals surface area (Å²) < 4.78 is 8.34. The van der Waals surface area contributed by atoms with Crippen LogP contribution in [0.2, 0.25) is 0 Å². The highest BCUT2D eigenvalue weighted by Crippen LogP contribution is 2.02. The molecule has 0 fully saturated rings. The van der Waals surface area contributed by atoms with Gasteiger partial charge in [0.15, 0.2) is 11.5 Å². The third-order valence-electron chi connectivity index (χ3n) is 1.17. The van der Waals surface area contributed by atoms with Gasteiger partial charge in [-0.15, -0.1) is 0 Å². The molecular formula is C8H10O6. The Hall–Kier alpha value is -1.98. The molecule has 78 valence electrons. The Bertz CT molecular complexity index is 258. The molecule has 0 aliphatic rings. The van der Waals surface area contributed by atoms with Gasteiger partial charge in [-0.05, 0) is 0 Å². The van der Waals surface area contributed by atoms with Crippen LogP contribution in [0.4, 0.5) is 0 Å². The van der Waals surface area contributed by atoms with E-state index in [0.29, 0.717) is 12.2 Å². The van der Waals surface area contributed by atoms with Gasteiger partial charge in [0, 0.05) is 0 Å². The number of hydrogen-bond acceptors (Lipinski definition) is 6. The molecule has 0 heterocycles. The van der Waals surface area contributed by atoms with Crippen molar-refractivity contribution in [1.82, 2.24) is 0 Å². The molecule has 0 radical (unpaired) electrons. The van der Waals surface area contributed by atoms with E-state index in [-0.39, 0.29) is 0 Å². The van der Waals surface area contributed by atoms with E-state index in [0.717, 1.165) is 14.2 Å². The fraction of sp³-hybridized carbons (Fsp3) is 0.250. The van der Waals surface area contributed by atoms with E-state index in [1.165, 1.54) is 0 Å². The van der Waals surface area contributed by atoms with E-state index in [4.69, 9.17) is 10.2 Å². The standard InChI is InChI=1S/C8H10O6/c1-13-7(11)3-5(9)6(10)4-8(12)14-2/h3-4,9-10H,1-2H3. The van der Waals surface area contributed by atoms with E-state index >= 15 is 0 Å². The maximum atomic E-state index is 10.6. The highest BCUT2D eigenvalue weighted by molar-refractivity contribution is 5.85. The van der Waals surface area contributed by atoms with Crippen LogP contribution in [-0.4, -0.2) is 36.4 Å². The molecule has 6 nitrogen and oxygen atoms in total. The SMILES string of the molecule is COC(=O)C=C(O)C(O)=CC(=O)OC. The Morgan fingerprint density at radius 2 is 1.21 bits per heavy atom. The van der Waals surface area contributed by atoms with Crippen molar-refractivity contribution in [2.45, 2.75) is 0 Å². The van der Waals surface area contributed by atoms with Gasteiger partial charge in [-0.1, -0.05) is 0 Å². The van der Waals surface area contributed by atoms with Gasteiger partial charge in [-0.2, -0.15) is 0 Å². The fourth-order valence-corrected chi connectivity index (χ4v) is 0.489. The third kappa shape index (κ3) is 4.15. The van der Waals surface area contributed by atoms with E-state index in [1.807, 2.05) is 0 Å². The Labute approximate surface area is 80.1 Å². The molecular weight excluding hydrogens is 192 g/mol. The molecule has 2 N–H and O–H groups in total. The fourth-order valence-electron chi connectivity index (χ4n) is 0.489. The summed E-state index contributed by atoms with van der Waals surface area (Å²) in [5.41, 5.74) is 0. The van der Waals surface area contributed by atoms with Gasteiger partial charge in [0.25, 0.3) is 0 Å². The molecule has 0 spiro atoms. The Balaban J connectivity index is 4.61. The van der Waals surface area contributed by atoms with Crippen molar-refractivity contribution in [3.63, 3.8) is 0 Å². The molecule has 0 unspecified atom stereocenters. The first-order valence-corrected chi connectivity index (χ1v) is 3.48. The lowest BCUT2D eigenvalue weighted by atomic mass is 10.3. The van der Waals surface area contributed by atoms with E-state index in [9.17, 15) is 9.59 Å². The van der Waals surface area contributed by atoms with Crippen molar-refractivity contribution in [3.8, 4) is 0 Å². The minimum Gasteiger partial charge on any atom is -0.504 e. The minimum atomic E-state index is -0.854. The van der Waals surface area contributed by atoms with Crippen LogP contribution in [0.25, 0.3) is 0 Å². The van der Waals surface area contributed by atoms with Crippen LogP contribution in [-0.2, 0) is 19.1 Å². The zero-order valence-electron chi connectivity index (χ0n) is 7.68. The first-order chi connectivity index (χ1) is 6.51. The van der Waals surface area contributed by atoms with Crippen LogP contribution in [0.15, 0.2) is 23.7 Å². The lowest BCUT2D eigenvalue weighted by molar-refractivity contribution is -0.136. The summed E-state index contributed by atoms with van der Waals surface area (Å²) in [6, 6.07) is 0. The van der Waals surface area contributed by atoms with Crippen molar-refractivity contribution in [2.75, 3.05) is 14.2 Å². The minimum absolute atomic E-state index is 0.620. The molecule has 0 aromatic rings. The Morgan fingerprint density at radius 1 is 0.929 bits per heavy atom. The first kappa shape index (κ1) is 12.0. The summed E-state index contributed by atoms with van der Waals surface area (Å²) in [6.45, 7) is 0. The van der Waals surface area contributed by atoms with Gasteiger partial charge >= 0.3 is 11.9 Å². The van der Waals surface area contributed by atoms with Gasteiger partial charge in [0.1, 0.15) is 0 Å². The molecule has 0 aromatic carbocycles. The predicted molar refractivity (Wildman–Crippen MR) is 45.5 cm³/mol. The average Bonchev–Trinajstić information content (AvgIpc) is 2.17. The van der Waals surface area contributed by atoms with E-state index in [2.05, 4.69) is 9.47 Å². The number of ether oxygens (including phenoxy) is 2. The second-order valence-electron chi connectivity index (χ2n) is 2.11. The molecule has 0 atom stereocenters. The zero-order chi connectivity index (χ0) is 11.1. The van der Waals surface area contributed by atoms with Crippen LogP contribution in [0, 0.1) is 0 Å². The number of hydrogen-bond donors (Lipinski definition) is 2. The summed E-state index contributed by atoms with van der Waals surface area (Å²) >= 11 is 0. The predicted octanol–water partition coefficient (Wildman–Crippen LogP) is 0.216. The summed E-state index contributed by atoms with van der Waals surface area (Å²) in [4.78, 5) is 21.1. The Kier molecular flexibility index (Phi) is 4.83. The molecule has 0 bridgehead atoms. The summed E-state index contributed by atoms with van der Waals surface area (Å²) in [5.74, 6) is -3.26. The normalized spacial score (nSPS) is 12.1. The topological polar surface area (TPSA) is 93.1 Å². The second-order valence-corrected chi connectivity index (χ2v) is 2.11. The molecule has 0 aromatic heterocycles. The molecule has 6 heteroatoms. The molecule has 0 saturated carbocycles. The van der Waals surface area contributed by atoms with Crippen LogP contribution in [0.1, 0.15) is 0 Å². The average molecular weight is 202 g/mol. The van der Waals surface area contributed by atoms with Crippen molar-refractivity contribution in [2.24, 2.45) is 0 Å². The largest absolute Gasteiger partial charge is 0.504 e. The summed E-state index contributed by atoms with van der Waals surface area (Å²) in [7, 11) is 2.21. The van der Waals surface area contributed by atoms with Crippen LogP contribution in [0.3, 0.4) is 0 Å². The third-order valence-corrected chi connectivity index (χ3v) is 1.17. The van der Waals surface area contributed by atoms with Crippen LogP contribution < -0.4 is 0 Å². The van der Waals surface area contributed by atoms with Crippen molar-refractivity contribution in [1.29, 1.82) is 0 Å². The number of aliphatic hydroxyl groups is 2. The van der Waals surface area contributed by atoms with Crippen molar-refractivity contribution in [3.05, 3.63) is 23.7 Å². The van der Waals surface area contributed by atoms with E-state index in [1.54, 1.807) is 0 Å². The molecule has 14 heavy (non-hydrogen) atoms. The monoisotopic (exact) mass is 202 g/mol. The molecule has 0 amide bonds. The zero-order valence-corrected chi connectivity index (χ0v) is 7.68. The number of aliphatic hydroxyl groups excluding tert-OH is 2. The molecule has 0 aliphatic carbocycles. The van der Waals surface area contributed by atoms with Crippen molar-refractivity contribution < 1.29 is 29.3 Å². The maximum Gasteiger partial charge on any atom is 0.334 e. The molecule has 0 aliphatic heterocycles. The highest BCUT2D eigenvalue weighted by Gasteiger charge is 2.06. The number of esters is 2. The highest BCUT2D eigenvalue weighted by atomic mass is 16.5. The van der Waals surface area contributed by atoms with Crippen LogP contribution >= 0.6 is 0 Å². The summed E-state index contributed by atoms with van der Waals surface area (Å²) in [5, 5.41) is 18.0. The lowest BCUT2D eigenvalue weighted by Crippen LogP contribution is -2.02. The quantitative estimate of drug-likeness (QED) is 0.294. The van der Waals surface area contributed by atoms with Gasteiger partial charge in [0.05, 0.1) is 26.4 Å². The van der Waals surface area contributed by atoms with Gasteiger partial charge in [0.2, 0.25) is 0 Å². The lowest BCUT2D eigenvalue weighted by Gasteiger charge is -1.97. The van der Waals surface area contributed by atoms with Crippen LogP contribution in [0.5, 0.6) is 0 Å². The summed E-state index contributed by atoms with van der Waals surface area (Å²) in [6.07, 6.45) is 1.24. The number of carbonyl (C=O) groups excluding carboxylic acids is 2. The second kappa shape index (κ2) is 5.63. The van der Waals surface area contributed by atoms with Gasteiger partial charge < -0.3 is 19.7 Å². The molecule has 0 saturated heterocycles. The van der Waals surface area contributed by atoms with Gasteiger partial charge in [-0.25, -0.2) is 9.59 Å². The van der Waals surface area contributed by atoms with Crippen molar-refractivity contribution >= 4 is 11.9 Å². The first-order valence-electron chi connectivity index (χ1n) is 3.48. The smallest absolute Gasteiger partial charge is 0.334 e. The maximum absolute atomic E-state index is 10.6. The number of carbonyl (C=O) groups is 2. The number of rotatable bonds is 3. The molecule has 0 rings (SSSR count). The Morgan fingerprint density at radius 3 is 1.43 bits per heavy atom. The number of methoxy groups -OCH3 is 2.